The fourth-order valence-corrected chi connectivity index (χ4v) is 5.62. The molecule has 0 spiro atoms. The van der Waals surface area contributed by atoms with Crippen molar-refractivity contribution in [3.63, 3.8) is 0 Å². The van der Waals surface area contributed by atoms with Crippen LogP contribution in [0, 0.1) is 10.7 Å². The van der Waals surface area contributed by atoms with Crippen LogP contribution in [0.3, 0.4) is 0 Å². The van der Waals surface area contributed by atoms with Crippen LogP contribution < -0.4 is 5.56 Å². The van der Waals surface area contributed by atoms with Crippen molar-refractivity contribution in [1.82, 2.24) is 24.0 Å². The number of H-pyrrole nitrogens is 1. The third-order valence-corrected chi connectivity index (χ3v) is 7.66. The highest BCUT2D eigenvalue weighted by Crippen LogP contribution is 2.25. The van der Waals surface area contributed by atoms with E-state index >= 15 is 0 Å². The Labute approximate surface area is 214 Å². The molecule has 0 radical (unpaired) electrons. The molecule has 0 unspecified atom stereocenters. The van der Waals surface area contributed by atoms with E-state index < -0.39 is 0 Å². The van der Waals surface area contributed by atoms with Gasteiger partial charge < -0.3 is 18.9 Å². The van der Waals surface area contributed by atoms with Gasteiger partial charge in [-0.1, -0.05) is 24.3 Å². The molecule has 1 aliphatic rings. The zero-order chi connectivity index (χ0) is 24.5. The number of para-hydroxylation sites is 3. The molecule has 4 heterocycles. The summed E-state index contributed by atoms with van der Waals surface area (Å²) < 4.78 is 10.1. The summed E-state index contributed by atoms with van der Waals surface area (Å²) in [5.74, 6) is 2.65. The van der Waals surface area contributed by atoms with Crippen molar-refractivity contribution in [2.75, 3.05) is 19.6 Å². The molecule has 1 aliphatic heterocycles. The molecular formula is C28H29N5O2S. The van der Waals surface area contributed by atoms with E-state index in [1.165, 1.54) is 0 Å². The Morgan fingerprint density at radius 2 is 1.78 bits per heavy atom. The zero-order valence-electron chi connectivity index (χ0n) is 20.1. The third kappa shape index (κ3) is 4.54. The van der Waals surface area contributed by atoms with Gasteiger partial charge in [0, 0.05) is 19.5 Å². The fraction of sp³-hybridized carbons (Fsp3) is 0.321. The van der Waals surface area contributed by atoms with Crippen LogP contribution >= 0.6 is 12.2 Å². The van der Waals surface area contributed by atoms with Gasteiger partial charge in [0.2, 0.25) is 0 Å². The zero-order valence-corrected chi connectivity index (χ0v) is 20.9. The van der Waals surface area contributed by atoms with E-state index in [0.717, 1.165) is 67.0 Å². The number of rotatable bonds is 7. The van der Waals surface area contributed by atoms with Gasteiger partial charge in [0.1, 0.15) is 11.6 Å². The van der Waals surface area contributed by atoms with Crippen molar-refractivity contribution in [2.24, 2.45) is 5.92 Å². The Kier molecular flexibility index (Phi) is 6.29. The van der Waals surface area contributed by atoms with Gasteiger partial charge in [-0.25, -0.2) is 4.98 Å². The Balaban J connectivity index is 1.11. The Hall–Kier alpha value is -3.49. The van der Waals surface area contributed by atoms with Crippen molar-refractivity contribution in [1.29, 1.82) is 0 Å². The van der Waals surface area contributed by atoms with Gasteiger partial charge in [-0.15, -0.1) is 0 Å². The molecule has 7 nitrogen and oxygen atoms in total. The molecule has 5 aromatic rings. The molecule has 0 bridgehead atoms. The molecule has 2 aromatic carbocycles. The third-order valence-electron chi connectivity index (χ3n) is 7.34. The van der Waals surface area contributed by atoms with E-state index in [2.05, 4.69) is 32.7 Å². The Morgan fingerprint density at radius 3 is 2.61 bits per heavy atom. The highest BCUT2D eigenvalue weighted by atomic mass is 32.1. The number of aromatic nitrogens is 4. The monoisotopic (exact) mass is 499 g/mol. The van der Waals surface area contributed by atoms with Gasteiger partial charge in [-0.05, 0) is 80.5 Å². The first-order chi connectivity index (χ1) is 17.7. The SMILES string of the molecule is O=c1c2ccccc2[nH]c(=S)n1CCN1CCC(Cc2nc3ccccc3n2Cc2ccco2)CC1. The number of imidazole rings is 1. The molecular weight excluding hydrogens is 470 g/mol. The summed E-state index contributed by atoms with van der Waals surface area (Å²) in [6, 6.07) is 19.8. The van der Waals surface area contributed by atoms with Crippen molar-refractivity contribution in [2.45, 2.75) is 32.4 Å². The number of nitrogens with zero attached hydrogens (tertiary/aromatic N) is 4. The number of hydrogen-bond donors (Lipinski definition) is 1. The number of likely N-dealkylation sites (tertiary alicyclic amines) is 1. The van der Waals surface area contributed by atoms with Gasteiger partial charge >= 0.3 is 0 Å². The number of benzene rings is 2. The number of furan rings is 1. The van der Waals surface area contributed by atoms with Gasteiger partial charge in [0.15, 0.2) is 4.77 Å². The summed E-state index contributed by atoms with van der Waals surface area (Å²) >= 11 is 5.48. The van der Waals surface area contributed by atoms with E-state index in [1.54, 1.807) is 10.8 Å². The maximum absolute atomic E-state index is 12.9. The molecule has 1 N–H and O–H groups in total. The lowest BCUT2D eigenvalue weighted by Gasteiger charge is -2.32. The lowest BCUT2D eigenvalue weighted by Crippen LogP contribution is -2.38. The van der Waals surface area contributed by atoms with Crippen LogP contribution in [0.1, 0.15) is 24.4 Å². The first kappa shape index (κ1) is 22.9. The molecule has 3 aromatic heterocycles. The van der Waals surface area contributed by atoms with Crippen molar-refractivity contribution < 1.29 is 4.42 Å². The lowest BCUT2D eigenvalue weighted by atomic mass is 9.93. The molecule has 0 amide bonds. The summed E-state index contributed by atoms with van der Waals surface area (Å²) in [6.45, 7) is 4.15. The summed E-state index contributed by atoms with van der Waals surface area (Å²) in [4.78, 5) is 23.6. The van der Waals surface area contributed by atoms with E-state index in [9.17, 15) is 4.79 Å². The van der Waals surface area contributed by atoms with E-state index in [0.29, 0.717) is 29.2 Å². The van der Waals surface area contributed by atoms with Gasteiger partial charge in [0.05, 0.1) is 34.7 Å². The molecule has 184 valence electrons. The summed E-state index contributed by atoms with van der Waals surface area (Å²) in [7, 11) is 0. The first-order valence-corrected chi connectivity index (χ1v) is 13.0. The Morgan fingerprint density at radius 1 is 0.972 bits per heavy atom. The summed E-state index contributed by atoms with van der Waals surface area (Å²) in [5, 5.41) is 0.683. The van der Waals surface area contributed by atoms with Crippen LogP contribution in [-0.2, 0) is 19.5 Å². The highest BCUT2D eigenvalue weighted by molar-refractivity contribution is 7.71. The van der Waals surface area contributed by atoms with Crippen molar-refractivity contribution in [3.8, 4) is 0 Å². The average Bonchev–Trinajstić information content (AvgIpc) is 3.53. The minimum atomic E-state index is -0.0142. The number of hydrogen-bond acceptors (Lipinski definition) is 5. The van der Waals surface area contributed by atoms with Crippen molar-refractivity contribution >= 4 is 34.2 Å². The van der Waals surface area contributed by atoms with E-state index in [4.69, 9.17) is 21.6 Å². The average molecular weight is 500 g/mol. The largest absolute Gasteiger partial charge is 0.467 e. The highest BCUT2D eigenvalue weighted by Gasteiger charge is 2.22. The van der Waals surface area contributed by atoms with Crippen LogP contribution in [0.2, 0.25) is 0 Å². The van der Waals surface area contributed by atoms with Gasteiger partial charge in [-0.3, -0.25) is 9.36 Å². The first-order valence-electron chi connectivity index (χ1n) is 12.6. The lowest BCUT2D eigenvalue weighted by molar-refractivity contribution is 0.176. The quantitative estimate of drug-likeness (QED) is 0.319. The second-order valence-corrected chi connectivity index (χ2v) is 9.99. The molecule has 0 aliphatic carbocycles. The van der Waals surface area contributed by atoms with Crippen LogP contribution in [-0.4, -0.2) is 43.6 Å². The number of fused-ring (bicyclic) bond motifs is 2. The second-order valence-electron chi connectivity index (χ2n) is 9.60. The standard InChI is InChI=1S/C28H29N5O2S/c34-27-22-7-1-2-8-23(22)30-28(36)32(27)16-15-31-13-11-20(12-14-31)18-26-29-24-9-3-4-10-25(24)33(26)19-21-6-5-17-35-21/h1-10,17,20H,11-16,18-19H2,(H,30,36). The number of nitrogens with one attached hydrogen (secondary N) is 1. The predicted molar refractivity (Wildman–Crippen MR) is 144 cm³/mol. The molecule has 0 saturated carbocycles. The molecule has 0 atom stereocenters. The van der Waals surface area contributed by atoms with Crippen molar-refractivity contribution in [3.05, 3.63) is 93.6 Å². The van der Waals surface area contributed by atoms with Crippen LogP contribution in [0.15, 0.2) is 76.1 Å². The van der Waals surface area contributed by atoms with Crippen LogP contribution in [0.25, 0.3) is 21.9 Å². The fourth-order valence-electron chi connectivity index (χ4n) is 5.33. The van der Waals surface area contributed by atoms with Crippen LogP contribution in [0.4, 0.5) is 0 Å². The normalized spacial score (nSPS) is 15.2. The van der Waals surface area contributed by atoms with E-state index in [1.807, 2.05) is 42.5 Å². The molecule has 6 rings (SSSR count). The van der Waals surface area contributed by atoms with Gasteiger partial charge in [-0.2, -0.15) is 0 Å². The number of aromatic amines is 1. The van der Waals surface area contributed by atoms with Crippen LogP contribution in [0.5, 0.6) is 0 Å². The molecule has 8 heteroatoms. The molecule has 1 fully saturated rings. The topological polar surface area (TPSA) is 72.0 Å². The Bertz CT molecular complexity index is 1610. The maximum Gasteiger partial charge on any atom is 0.262 e. The number of piperidine rings is 1. The minimum absolute atomic E-state index is 0.0142. The summed E-state index contributed by atoms with van der Waals surface area (Å²) in [6.07, 6.45) is 4.91. The molecule has 36 heavy (non-hydrogen) atoms. The maximum atomic E-state index is 12.9. The smallest absolute Gasteiger partial charge is 0.262 e. The minimum Gasteiger partial charge on any atom is -0.467 e. The van der Waals surface area contributed by atoms with Gasteiger partial charge in [0.25, 0.3) is 5.56 Å². The molecule has 1 saturated heterocycles. The van der Waals surface area contributed by atoms with E-state index in [-0.39, 0.29) is 5.56 Å². The predicted octanol–water partition coefficient (Wildman–Crippen LogP) is 5.00. The second kappa shape index (κ2) is 9.87. The summed E-state index contributed by atoms with van der Waals surface area (Å²) in [5.41, 5.74) is 2.97.